The number of benzene rings is 1. The number of carbonyl (C=O) groups is 1. The Morgan fingerprint density at radius 3 is 2.37 bits per heavy atom. The number of aromatic carboxylic acids is 1. The third-order valence-electron chi connectivity index (χ3n) is 3.16. The van der Waals surface area contributed by atoms with Crippen LogP contribution in [0.1, 0.15) is 41.4 Å². The molecule has 3 nitrogen and oxygen atoms in total. The maximum Gasteiger partial charge on any atom is 0.337 e. The van der Waals surface area contributed by atoms with Crippen molar-refractivity contribution in [3.63, 3.8) is 0 Å². The van der Waals surface area contributed by atoms with Crippen LogP contribution in [0.3, 0.4) is 0 Å². The lowest BCUT2D eigenvalue weighted by atomic mass is 9.96. The van der Waals surface area contributed by atoms with Gasteiger partial charge < -0.3 is 5.11 Å². The first-order chi connectivity index (χ1) is 8.99. The van der Waals surface area contributed by atoms with Crippen molar-refractivity contribution in [1.82, 2.24) is 4.98 Å². The van der Waals surface area contributed by atoms with Crippen molar-refractivity contribution in [3.05, 3.63) is 53.3 Å². The zero-order valence-electron chi connectivity index (χ0n) is 11.3. The van der Waals surface area contributed by atoms with Gasteiger partial charge in [-0.05, 0) is 35.6 Å². The highest BCUT2D eigenvalue weighted by Crippen LogP contribution is 2.26. The normalized spacial score (nSPS) is 10.7. The summed E-state index contributed by atoms with van der Waals surface area (Å²) >= 11 is 0. The fraction of sp³-hybridized carbons (Fsp3) is 0.250. The molecule has 0 atom stereocenters. The molecular weight excluding hydrogens is 238 g/mol. The number of aromatic nitrogens is 1. The number of aryl methyl sites for hydroxylation is 1. The van der Waals surface area contributed by atoms with E-state index >= 15 is 0 Å². The van der Waals surface area contributed by atoms with Gasteiger partial charge in [0.25, 0.3) is 0 Å². The van der Waals surface area contributed by atoms with Gasteiger partial charge >= 0.3 is 5.97 Å². The Labute approximate surface area is 112 Å². The van der Waals surface area contributed by atoms with Gasteiger partial charge in [-0.25, -0.2) is 4.79 Å². The maximum atomic E-state index is 11.2. The minimum absolute atomic E-state index is 0.239. The van der Waals surface area contributed by atoms with Crippen molar-refractivity contribution in [2.24, 2.45) is 0 Å². The van der Waals surface area contributed by atoms with E-state index in [0.29, 0.717) is 5.92 Å². The van der Waals surface area contributed by atoms with Gasteiger partial charge in [0.2, 0.25) is 0 Å². The summed E-state index contributed by atoms with van der Waals surface area (Å²) in [6.07, 6.45) is 1.42. The van der Waals surface area contributed by atoms with Crippen molar-refractivity contribution < 1.29 is 9.90 Å². The molecule has 1 aromatic carbocycles. The molecule has 0 aliphatic carbocycles. The standard InChI is InChI=1S/C16H17NO2/c1-10(2)12-4-6-13(7-5-12)14-8-11(3)17-9-15(14)16(18)19/h4-10H,1-3H3,(H,18,19). The van der Waals surface area contributed by atoms with E-state index in [0.717, 1.165) is 16.8 Å². The molecule has 2 rings (SSSR count). The van der Waals surface area contributed by atoms with Crippen LogP contribution in [0.15, 0.2) is 36.5 Å². The van der Waals surface area contributed by atoms with Gasteiger partial charge in [-0.3, -0.25) is 4.98 Å². The summed E-state index contributed by atoms with van der Waals surface area (Å²) < 4.78 is 0. The predicted octanol–water partition coefficient (Wildman–Crippen LogP) is 3.88. The first-order valence-electron chi connectivity index (χ1n) is 6.29. The Balaban J connectivity index is 2.51. The zero-order chi connectivity index (χ0) is 14.0. The van der Waals surface area contributed by atoms with Gasteiger partial charge in [-0.2, -0.15) is 0 Å². The molecule has 0 bridgehead atoms. The van der Waals surface area contributed by atoms with Crippen LogP contribution < -0.4 is 0 Å². The van der Waals surface area contributed by atoms with Crippen LogP contribution in [0.2, 0.25) is 0 Å². The second-order valence-corrected chi connectivity index (χ2v) is 4.95. The van der Waals surface area contributed by atoms with Gasteiger partial charge in [-0.1, -0.05) is 38.1 Å². The SMILES string of the molecule is Cc1cc(-c2ccc(C(C)C)cc2)c(C(=O)O)cn1. The number of pyridine rings is 1. The molecule has 1 heterocycles. The minimum atomic E-state index is -0.949. The van der Waals surface area contributed by atoms with Gasteiger partial charge in [0.15, 0.2) is 0 Å². The van der Waals surface area contributed by atoms with Crippen LogP contribution >= 0.6 is 0 Å². The Bertz CT molecular complexity index is 601. The molecule has 0 amide bonds. The van der Waals surface area contributed by atoms with Gasteiger partial charge in [0.05, 0.1) is 5.56 Å². The van der Waals surface area contributed by atoms with E-state index in [1.54, 1.807) is 0 Å². The van der Waals surface area contributed by atoms with Gasteiger partial charge in [0, 0.05) is 11.9 Å². The molecule has 0 unspecified atom stereocenters. The molecule has 0 aliphatic heterocycles. The highest BCUT2D eigenvalue weighted by molar-refractivity contribution is 5.95. The fourth-order valence-electron chi connectivity index (χ4n) is 2.02. The molecule has 0 saturated heterocycles. The smallest absolute Gasteiger partial charge is 0.337 e. The molecule has 0 radical (unpaired) electrons. The summed E-state index contributed by atoms with van der Waals surface area (Å²) in [5.74, 6) is -0.484. The monoisotopic (exact) mass is 255 g/mol. The number of hydrogen-bond acceptors (Lipinski definition) is 2. The summed E-state index contributed by atoms with van der Waals surface area (Å²) in [5.41, 5.74) is 3.92. The lowest BCUT2D eigenvalue weighted by Crippen LogP contribution is -2.01. The number of carboxylic acids is 1. The molecule has 3 heteroatoms. The quantitative estimate of drug-likeness (QED) is 0.905. The van der Waals surface area contributed by atoms with Crippen LogP contribution in [0.4, 0.5) is 0 Å². The molecule has 0 aliphatic rings. The van der Waals surface area contributed by atoms with Crippen LogP contribution in [0.5, 0.6) is 0 Å². The number of rotatable bonds is 3. The fourth-order valence-corrected chi connectivity index (χ4v) is 2.02. The summed E-state index contributed by atoms with van der Waals surface area (Å²) in [7, 11) is 0. The third kappa shape index (κ3) is 2.81. The molecule has 19 heavy (non-hydrogen) atoms. The highest BCUT2D eigenvalue weighted by Gasteiger charge is 2.12. The Hall–Kier alpha value is -2.16. The van der Waals surface area contributed by atoms with Crippen molar-refractivity contribution in [1.29, 1.82) is 0 Å². The number of hydrogen-bond donors (Lipinski definition) is 1. The minimum Gasteiger partial charge on any atom is -0.478 e. The lowest BCUT2D eigenvalue weighted by molar-refractivity contribution is 0.0697. The Morgan fingerprint density at radius 1 is 1.21 bits per heavy atom. The molecular formula is C16H17NO2. The topological polar surface area (TPSA) is 50.2 Å². The Kier molecular flexibility index (Phi) is 3.65. The number of nitrogens with zero attached hydrogens (tertiary/aromatic N) is 1. The average molecular weight is 255 g/mol. The van der Waals surface area contributed by atoms with Crippen molar-refractivity contribution in [2.75, 3.05) is 0 Å². The second kappa shape index (κ2) is 5.22. The summed E-state index contributed by atoms with van der Waals surface area (Å²) in [6, 6.07) is 9.84. The summed E-state index contributed by atoms with van der Waals surface area (Å²) in [6.45, 7) is 6.13. The number of carboxylic acid groups (broad SMARTS) is 1. The lowest BCUT2D eigenvalue weighted by Gasteiger charge is -2.09. The van der Waals surface area contributed by atoms with Gasteiger partial charge in [0.1, 0.15) is 0 Å². The van der Waals surface area contributed by atoms with Crippen LogP contribution in [0, 0.1) is 6.92 Å². The largest absolute Gasteiger partial charge is 0.478 e. The van der Waals surface area contributed by atoms with Crippen LogP contribution in [-0.2, 0) is 0 Å². The first kappa shape index (κ1) is 13.3. The molecule has 0 fully saturated rings. The average Bonchev–Trinajstić information content (AvgIpc) is 2.38. The third-order valence-corrected chi connectivity index (χ3v) is 3.16. The van der Waals surface area contributed by atoms with Crippen LogP contribution in [0.25, 0.3) is 11.1 Å². The van der Waals surface area contributed by atoms with E-state index in [-0.39, 0.29) is 5.56 Å². The van der Waals surface area contributed by atoms with Crippen molar-refractivity contribution in [2.45, 2.75) is 26.7 Å². The Morgan fingerprint density at radius 2 is 1.84 bits per heavy atom. The molecule has 2 aromatic rings. The maximum absolute atomic E-state index is 11.2. The molecule has 0 spiro atoms. The van der Waals surface area contributed by atoms with Crippen molar-refractivity contribution in [3.8, 4) is 11.1 Å². The van der Waals surface area contributed by atoms with E-state index in [1.807, 2.05) is 37.3 Å². The zero-order valence-corrected chi connectivity index (χ0v) is 11.3. The van der Waals surface area contributed by atoms with E-state index < -0.39 is 5.97 Å². The van der Waals surface area contributed by atoms with Gasteiger partial charge in [-0.15, -0.1) is 0 Å². The summed E-state index contributed by atoms with van der Waals surface area (Å²) in [4.78, 5) is 15.3. The first-order valence-corrected chi connectivity index (χ1v) is 6.29. The van der Waals surface area contributed by atoms with Crippen molar-refractivity contribution >= 4 is 5.97 Å². The summed E-state index contributed by atoms with van der Waals surface area (Å²) in [5, 5.41) is 9.22. The van der Waals surface area contributed by atoms with Crippen LogP contribution in [-0.4, -0.2) is 16.1 Å². The predicted molar refractivity (Wildman–Crippen MR) is 75.5 cm³/mol. The molecule has 1 aromatic heterocycles. The second-order valence-electron chi connectivity index (χ2n) is 4.95. The van der Waals surface area contributed by atoms with E-state index in [2.05, 4.69) is 18.8 Å². The van der Waals surface area contributed by atoms with E-state index in [9.17, 15) is 9.90 Å². The van der Waals surface area contributed by atoms with E-state index in [1.165, 1.54) is 11.8 Å². The molecule has 98 valence electrons. The molecule has 0 saturated carbocycles. The van der Waals surface area contributed by atoms with E-state index in [4.69, 9.17) is 0 Å². The highest BCUT2D eigenvalue weighted by atomic mass is 16.4. The molecule has 1 N–H and O–H groups in total.